The van der Waals surface area contributed by atoms with Gasteiger partial charge in [0.15, 0.2) is 0 Å². The summed E-state index contributed by atoms with van der Waals surface area (Å²) in [5, 5.41) is 2.13. The number of hydrogen-bond acceptors (Lipinski definition) is 1. The molecule has 0 unspecified atom stereocenters. The Bertz CT molecular complexity index is 668. The molecule has 0 aliphatic carbocycles. The predicted molar refractivity (Wildman–Crippen MR) is 70.8 cm³/mol. The highest BCUT2D eigenvalue weighted by atomic mass is 35.5. The quantitative estimate of drug-likeness (QED) is 0.796. The number of benzene rings is 2. The van der Waals surface area contributed by atoms with Crippen LogP contribution in [0.15, 0.2) is 42.5 Å². The molecule has 0 atom stereocenters. The molecule has 0 heterocycles. The summed E-state index contributed by atoms with van der Waals surface area (Å²) in [4.78, 5) is 11.8. The van der Waals surface area contributed by atoms with Crippen molar-refractivity contribution in [3.05, 3.63) is 64.4 Å². The van der Waals surface area contributed by atoms with Crippen LogP contribution in [0.1, 0.15) is 15.9 Å². The lowest BCUT2D eigenvalue weighted by Crippen LogP contribution is -2.13. The Morgan fingerprint density at radius 3 is 2.24 bits per heavy atom. The zero-order valence-electron chi connectivity index (χ0n) is 10.3. The fourth-order valence-electron chi connectivity index (χ4n) is 1.63. The van der Waals surface area contributed by atoms with Crippen LogP contribution in [-0.2, 0) is 6.18 Å². The normalized spacial score (nSPS) is 11.3. The van der Waals surface area contributed by atoms with Crippen molar-refractivity contribution in [2.45, 2.75) is 6.18 Å². The van der Waals surface area contributed by atoms with Crippen LogP contribution in [0.5, 0.6) is 0 Å². The maximum atomic E-state index is 12.7. The number of alkyl halides is 3. The van der Waals surface area contributed by atoms with E-state index in [2.05, 4.69) is 5.32 Å². The van der Waals surface area contributed by atoms with E-state index >= 15 is 0 Å². The van der Waals surface area contributed by atoms with Gasteiger partial charge in [-0.25, -0.2) is 4.39 Å². The number of hydrogen-bond donors (Lipinski definition) is 1. The van der Waals surface area contributed by atoms with Crippen LogP contribution in [0.25, 0.3) is 0 Å². The van der Waals surface area contributed by atoms with Crippen molar-refractivity contribution in [2.24, 2.45) is 0 Å². The van der Waals surface area contributed by atoms with Gasteiger partial charge in [0.1, 0.15) is 5.82 Å². The SMILES string of the molecule is O=C(Nc1cc(Cl)cc(C(F)(F)F)c1)c1ccc(F)cc1. The van der Waals surface area contributed by atoms with Gasteiger partial charge < -0.3 is 5.32 Å². The summed E-state index contributed by atoms with van der Waals surface area (Å²) in [6.45, 7) is 0. The van der Waals surface area contributed by atoms with Gasteiger partial charge in [-0.1, -0.05) is 11.6 Å². The smallest absolute Gasteiger partial charge is 0.322 e. The predicted octanol–water partition coefficient (Wildman–Crippen LogP) is 4.75. The molecule has 2 rings (SSSR count). The minimum atomic E-state index is -4.57. The van der Waals surface area contributed by atoms with Crippen LogP contribution in [0.2, 0.25) is 5.02 Å². The van der Waals surface area contributed by atoms with Gasteiger partial charge in [-0.15, -0.1) is 0 Å². The van der Waals surface area contributed by atoms with E-state index in [1.807, 2.05) is 0 Å². The highest BCUT2D eigenvalue weighted by molar-refractivity contribution is 6.31. The van der Waals surface area contributed by atoms with Crippen molar-refractivity contribution in [1.82, 2.24) is 0 Å². The number of amides is 1. The topological polar surface area (TPSA) is 29.1 Å². The third-order valence-electron chi connectivity index (χ3n) is 2.59. The van der Waals surface area contributed by atoms with E-state index in [0.717, 1.165) is 24.3 Å². The third kappa shape index (κ3) is 3.95. The molecule has 2 aromatic carbocycles. The van der Waals surface area contributed by atoms with Crippen LogP contribution < -0.4 is 5.32 Å². The molecule has 2 nitrogen and oxygen atoms in total. The first-order chi connectivity index (χ1) is 9.75. The second-order valence-electron chi connectivity index (χ2n) is 4.19. The zero-order valence-corrected chi connectivity index (χ0v) is 11.1. The van der Waals surface area contributed by atoms with Gasteiger partial charge in [-0.05, 0) is 42.5 Å². The Labute approximate surface area is 122 Å². The molecule has 0 aromatic heterocycles. The maximum absolute atomic E-state index is 12.7. The first kappa shape index (κ1) is 15.3. The van der Waals surface area contributed by atoms with E-state index in [-0.39, 0.29) is 16.3 Å². The molecule has 2 aromatic rings. The second-order valence-corrected chi connectivity index (χ2v) is 4.62. The highest BCUT2D eigenvalue weighted by Gasteiger charge is 2.31. The average molecular weight is 318 g/mol. The Hall–Kier alpha value is -2.08. The van der Waals surface area contributed by atoms with Gasteiger partial charge in [0.05, 0.1) is 5.56 Å². The summed E-state index contributed by atoms with van der Waals surface area (Å²) in [7, 11) is 0. The molecule has 21 heavy (non-hydrogen) atoms. The minimum Gasteiger partial charge on any atom is -0.322 e. The van der Waals surface area contributed by atoms with E-state index in [1.54, 1.807) is 0 Å². The molecule has 0 saturated carbocycles. The molecule has 0 spiro atoms. The lowest BCUT2D eigenvalue weighted by atomic mass is 10.1. The van der Waals surface area contributed by atoms with Gasteiger partial charge in [-0.3, -0.25) is 4.79 Å². The number of carbonyl (C=O) groups excluding carboxylic acids is 1. The summed E-state index contributed by atoms with van der Waals surface area (Å²) < 4.78 is 50.7. The van der Waals surface area contributed by atoms with Crippen molar-refractivity contribution in [3.63, 3.8) is 0 Å². The lowest BCUT2D eigenvalue weighted by molar-refractivity contribution is -0.137. The fraction of sp³-hybridized carbons (Fsp3) is 0.0714. The van der Waals surface area contributed by atoms with E-state index in [1.165, 1.54) is 18.2 Å². The number of anilines is 1. The molecule has 0 aliphatic rings. The molecule has 0 radical (unpaired) electrons. The van der Waals surface area contributed by atoms with Gasteiger partial charge in [0.25, 0.3) is 5.91 Å². The summed E-state index contributed by atoms with van der Waals surface area (Å²) in [6, 6.07) is 7.32. The standard InChI is InChI=1S/C14H8ClF4NO/c15-10-5-9(14(17,18)19)6-12(7-10)20-13(21)8-1-3-11(16)4-2-8/h1-7H,(H,20,21). The van der Waals surface area contributed by atoms with Crippen molar-refractivity contribution in [2.75, 3.05) is 5.32 Å². The van der Waals surface area contributed by atoms with Gasteiger partial charge >= 0.3 is 6.18 Å². The summed E-state index contributed by atoms with van der Waals surface area (Å²) >= 11 is 5.61. The first-order valence-corrected chi connectivity index (χ1v) is 6.08. The summed E-state index contributed by atoms with van der Waals surface area (Å²) in [6.07, 6.45) is -4.57. The molecule has 0 bridgehead atoms. The van der Waals surface area contributed by atoms with Crippen LogP contribution in [0.3, 0.4) is 0 Å². The molecule has 0 aliphatic heterocycles. The van der Waals surface area contributed by atoms with Crippen LogP contribution in [-0.4, -0.2) is 5.91 Å². The van der Waals surface area contributed by atoms with Gasteiger partial charge in [-0.2, -0.15) is 13.2 Å². The van der Waals surface area contributed by atoms with E-state index in [4.69, 9.17) is 11.6 Å². The van der Waals surface area contributed by atoms with E-state index < -0.39 is 23.5 Å². The molecule has 0 fully saturated rings. The number of rotatable bonds is 2. The number of halogens is 5. The van der Waals surface area contributed by atoms with Crippen LogP contribution >= 0.6 is 11.6 Å². The van der Waals surface area contributed by atoms with E-state index in [0.29, 0.717) is 0 Å². The van der Waals surface area contributed by atoms with Crippen molar-refractivity contribution in [1.29, 1.82) is 0 Å². The Morgan fingerprint density at radius 1 is 1.05 bits per heavy atom. The second kappa shape index (κ2) is 5.73. The van der Waals surface area contributed by atoms with Gasteiger partial charge in [0.2, 0.25) is 0 Å². The molecular weight excluding hydrogens is 310 g/mol. The Morgan fingerprint density at radius 2 is 1.67 bits per heavy atom. The maximum Gasteiger partial charge on any atom is 0.416 e. The third-order valence-corrected chi connectivity index (χ3v) is 2.81. The van der Waals surface area contributed by atoms with Gasteiger partial charge in [0, 0.05) is 16.3 Å². The monoisotopic (exact) mass is 317 g/mol. The number of carbonyl (C=O) groups is 1. The van der Waals surface area contributed by atoms with Crippen molar-refractivity contribution in [3.8, 4) is 0 Å². The molecule has 7 heteroatoms. The van der Waals surface area contributed by atoms with E-state index in [9.17, 15) is 22.4 Å². The molecule has 110 valence electrons. The molecule has 0 saturated heterocycles. The Kier molecular flexibility index (Phi) is 4.18. The molecular formula is C14H8ClF4NO. The summed E-state index contributed by atoms with van der Waals surface area (Å²) in [5.41, 5.74) is -0.946. The van der Waals surface area contributed by atoms with Crippen LogP contribution in [0.4, 0.5) is 23.2 Å². The minimum absolute atomic E-state index is 0.0934. The largest absolute Gasteiger partial charge is 0.416 e. The number of nitrogens with one attached hydrogen (secondary N) is 1. The Balaban J connectivity index is 2.25. The lowest BCUT2D eigenvalue weighted by Gasteiger charge is -2.11. The van der Waals surface area contributed by atoms with Crippen LogP contribution in [0, 0.1) is 5.82 Å². The first-order valence-electron chi connectivity index (χ1n) is 5.70. The summed E-state index contributed by atoms with van der Waals surface area (Å²) in [5.74, 6) is -1.18. The van der Waals surface area contributed by atoms with Crippen molar-refractivity contribution < 1.29 is 22.4 Å². The zero-order chi connectivity index (χ0) is 15.6. The van der Waals surface area contributed by atoms with Crippen molar-refractivity contribution >= 4 is 23.2 Å². The average Bonchev–Trinajstić information content (AvgIpc) is 2.37. The fourth-order valence-corrected chi connectivity index (χ4v) is 1.87. The molecule has 1 N–H and O–H groups in total. The molecule has 1 amide bonds. The highest BCUT2D eigenvalue weighted by Crippen LogP contribution is 2.33.